The molecule has 1 heterocycles. The fourth-order valence-corrected chi connectivity index (χ4v) is 1.51. The second-order valence-electron chi connectivity index (χ2n) is 2.51. The first-order valence-corrected chi connectivity index (χ1v) is 4.53. The minimum atomic E-state index is 0.156. The maximum absolute atomic E-state index is 8.21. The smallest absolute Gasteiger partial charge is 0.109 e. The van der Waals surface area contributed by atoms with Crippen molar-refractivity contribution in [2.45, 2.75) is 23.8 Å². The molecule has 1 fully saturated rings. The third kappa shape index (κ3) is 3.18. The number of nitrogens with one attached hydrogen (secondary N) is 2. The van der Waals surface area contributed by atoms with Crippen LogP contribution in [0.3, 0.4) is 0 Å². The first kappa shape index (κ1) is 8.96. The molecular weight excluding hydrogens is 210 g/mol. The first-order valence-electron chi connectivity index (χ1n) is 3.61. The molecule has 4 nitrogen and oxygen atoms in total. The lowest BCUT2D eigenvalue weighted by molar-refractivity contribution is 0.238. The van der Waals surface area contributed by atoms with E-state index in [1.54, 1.807) is 0 Å². The molecule has 0 radical (unpaired) electrons. The van der Waals surface area contributed by atoms with Gasteiger partial charge in [-0.05, 0) is 12.8 Å². The summed E-state index contributed by atoms with van der Waals surface area (Å²) in [5.41, 5.74) is 1.88. The third-order valence-electron chi connectivity index (χ3n) is 1.64. The van der Waals surface area contributed by atoms with Gasteiger partial charge in [0.05, 0.1) is 0 Å². The van der Waals surface area contributed by atoms with Gasteiger partial charge in [0, 0.05) is 11.4 Å². The van der Waals surface area contributed by atoms with Gasteiger partial charge in [-0.15, -0.1) is 0 Å². The average Bonchev–Trinajstić information content (AvgIpc) is 2.04. The number of alkyl halides is 1. The van der Waals surface area contributed by atoms with Crippen LogP contribution in [0.4, 0.5) is 0 Å². The molecule has 5 heteroatoms. The van der Waals surface area contributed by atoms with Crippen LogP contribution in [0.5, 0.6) is 0 Å². The molecule has 0 amide bonds. The van der Waals surface area contributed by atoms with Crippen molar-refractivity contribution in [2.24, 2.45) is 4.99 Å². The molecule has 3 N–H and O–H groups in total. The minimum absolute atomic E-state index is 0.156. The average molecular weight is 222 g/mol. The zero-order valence-electron chi connectivity index (χ0n) is 6.13. The Morgan fingerprint density at radius 3 is 3.00 bits per heavy atom. The second kappa shape index (κ2) is 4.69. The fourth-order valence-electron chi connectivity index (χ4n) is 1.06. The normalized spacial score (nSPS) is 32.5. The molecule has 11 heavy (non-hydrogen) atoms. The van der Waals surface area contributed by atoms with Crippen molar-refractivity contribution in [1.29, 1.82) is 0 Å². The van der Waals surface area contributed by atoms with E-state index in [1.807, 2.05) is 5.48 Å². The lowest BCUT2D eigenvalue weighted by atomic mass is 10.1. The molecule has 2 unspecified atom stereocenters. The number of rotatable bonds is 2. The Morgan fingerprint density at radius 1 is 1.64 bits per heavy atom. The molecule has 1 rings (SSSR count). The second-order valence-corrected chi connectivity index (χ2v) is 3.80. The van der Waals surface area contributed by atoms with Gasteiger partial charge >= 0.3 is 0 Å². The van der Waals surface area contributed by atoms with Gasteiger partial charge in [-0.3, -0.25) is 21.0 Å². The van der Waals surface area contributed by atoms with Crippen LogP contribution in [-0.4, -0.2) is 29.1 Å². The molecule has 0 aromatic rings. The summed E-state index contributed by atoms with van der Waals surface area (Å²) < 4.78 is 0. The minimum Gasteiger partial charge on any atom is -0.295 e. The number of hydroxylamine groups is 1. The van der Waals surface area contributed by atoms with Crippen molar-refractivity contribution < 1.29 is 5.21 Å². The standard InChI is InChI=1S/C6H12BrN3O/c7-5-1-2-6(8-3-5)9-4-10-11/h4-6,8,11H,1-3H2,(H,9,10). The van der Waals surface area contributed by atoms with Gasteiger partial charge < -0.3 is 0 Å². The lowest BCUT2D eigenvalue weighted by Gasteiger charge is -2.23. The molecule has 64 valence electrons. The van der Waals surface area contributed by atoms with Gasteiger partial charge in [0.1, 0.15) is 12.5 Å². The Bertz CT molecular complexity index is 134. The zero-order valence-corrected chi connectivity index (χ0v) is 7.71. The molecule has 0 spiro atoms. The van der Waals surface area contributed by atoms with Crippen LogP contribution >= 0.6 is 15.9 Å². The van der Waals surface area contributed by atoms with E-state index in [1.165, 1.54) is 6.34 Å². The Kier molecular flexibility index (Phi) is 3.82. The van der Waals surface area contributed by atoms with E-state index >= 15 is 0 Å². The van der Waals surface area contributed by atoms with E-state index in [4.69, 9.17) is 5.21 Å². The fraction of sp³-hybridized carbons (Fsp3) is 0.833. The Balaban J connectivity index is 2.22. The molecule has 1 saturated heterocycles. The van der Waals surface area contributed by atoms with Crippen LogP contribution in [0.1, 0.15) is 12.8 Å². The van der Waals surface area contributed by atoms with Crippen molar-refractivity contribution in [2.75, 3.05) is 6.54 Å². The largest absolute Gasteiger partial charge is 0.295 e. The van der Waals surface area contributed by atoms with Crippen molar-refractivity contribution in [1.82, 2.24) is 10.8 Å². The van der Waals surface area contributed by atoms with Gasteiger partial charge in [-0.2, -0.15) is 0 Å². The monoisotopic (exact) mass is 221 g/mol. The summed E-state index contributed by atoms with van der Waals surface area (Å²) in [4.78, 5) is 4.58. The highest BCUT2D eigenvalue weighted by molar-refractivity contribution is 9.09. The molecule has 1 aliphatic rings. The molecule has 0 saturated carbocycles. The van der Waals surface area contributed by atoms with Gasteiger partial charge in [0.2, 0.25) is 0 Å². The summed E-state index contributed by atoms with van der Waals surface area (Å²) in [6.45, 7) is 0.938. The van der Waals surface area contributed by atoms with Gasteiger partial charge in [0.25, 0.3) is 0 Å². The zero-order chi connectivity index (χ0) is 8.10. The highest BCUT2D eigenvalue weighted by Gasteiger charge is 2.16. The number of piperidine rings is 1. The number of halogens is 1. The van der Waals surface area contributed by atoms with Gasteiger partial charge in [-0.25, -0.2) is 0 Å². The predicted molar refractivity (Wildman–Crippen MR) is 47.2 cm³/mol. The quantitative estimate of drug-likeness (QED) is 0.275. The van der Waals surface area contributed by atoms with Crippen molar-refractivity contribution in [3.63, 3.8) is 0 Å². The molecule has 0 aromatic heterocycles. The highest BCUT2D eigenvalue weighted by Crippen LogP contribution is 2.14. The van der Waals surface area contributed by atoms with E-state index < -0.39 is 0 Å². The van der Waals surface area contributed by atoms with Crippen LogP contribution in [0.25, 0.3) is 0 Å². The number of aliphatic imine (C=N–C) groups is 1. The molecular formula is C6H12BrN3O. The number of hydrogen-bond acceptors (Lipinski definition) is 3. The number of hydrogen-bond donors (Lipinski definition) is 3. The van der Waals surface area contributed by atoms with E-state index in [-0.39, 0.29) is 6.17 Å². The van der Waals surface area contributed by atoms with Crippen molar-refractivity contribution in [3.8, 4) is 0 Å². The van der Waals surface area contributed by atoms with Crippen LogP contribution in [-0.2, 0) is 0 Å². The first-order chi connectivity index (χ1) is 5.33. The topological polar surface area (TPSA) is 56.6 Å². The molecule has 2 atom stereocenters. The third-order valence-corrected chi connectivity index (χ3v) is 2.42. The van der Waals surface area contributed by atoms with Gasteiger partial charge in [-0.1, -0.05) is 15.9 Å². The summed E-state index contributed by atoms with van der Waals surface area (Å²) in [6, 6.07) is 0. The van der Waals surface area contributed by atoms with Crippen LogP contribution in [0.15, 0.2) is 4.99 Å². The summed E-state index contributed by atoms with van der Waals surface area (Å²) in [5.74, 6) is 0. The Morgan fingerprint density at radius 2 is 2.45 bits per heavy atom. The van der Waals surface area contributed by atoms with Crippen LogP contribution < -0.4 is 10.8 Å². The summed E-state index contributed by atoms with van der Waals surface area (Å²) in [7, 11) is 0. The molecule has 1 aliphatic heterocycles. The Hall–Kier alpha value is -0.130. The van der Waals surface area contributed by atoms with E-state index in [0.717, 1.165) is 19.4 Å². The van der Waals surface area contributed by atoms with Gasteiger partial charge in [0.15, 0.2) is 0 Å². The SMILES string of the molecule is ON/C=N/C1CCC(Br)CN1. The van der Waals surface area contributed by atoms with Crippen LogP contribution in [0.2, 0.25) is 0 Å². The van der Waals surface area contributed by atoms with Crippen molar-refractivity contribution in [3.05, 3.63) is 0 Å². The molecule has 0 aromatic carbocycles. The van der Waals surface area contributed by atoms with E-state index in [0.29, 0.717) is 4.83 Å². The van der Waals surface area contributed by atoms with Crippen LogP contribution in [0, 0.1) is 0 Å². The van der Waals surface area contributed by atoms with E-state index in [9.17, 15) is 0 Å². The summed E-state index contributed by atoms with van der Waals surface area (Å²) in [5, 5.41) is 11.4. The molecule has 0 bridgehead atoms. The Labute approximate surface area is 74.2 Å². The summed E-state index contributed by atoms with van der Waals surface area (Å²) in [6.07, 6.45) is 3.59. The predicted octanol–water partition coefficient (Wildman–Crippen LogP) is 0.466. The summed E-state index contributed by atoms with van der Waals surface area (Å²) >= 11 is 3.50. The molecule has 0 aliphatic carbocycles. The number of nitrogens with zero attached hydrogens (tertiary/aromatic N) is 1. The lowest BCUT2D eigenvalue weighted by Crippen LogP contribution is -2.38. The van der Waals surface area contributed by atoms with E-state index in [2.05, 4.69) is 26.2 Å². The van der Waals surface area contributed by atoms with Crippen molar-refractivity contribution >= 4 is 22.3 Å². The maximum Gasteiger partial charge on any atom is 0.109 e. The maximum atomic E-state index is 8.21. The highest BCUT2D eigenvalue weighted by atomic mass is 79.9.